The van der Waals surface area contributed by atoms with E-state index < -0.39 is 24.6 Å². The highest BCUT2D eigenvalue weighted by molar-refractivity contribution is 5.76. The highest BCUT2D eigenvalue weighted by Gasteiger charge is 2.21. The van der Waals surface area contributed by atoms with Crippen molar-refractivity contribution in [3.8, 4) is 16.9 Å². The molecule has 0 aliphatic heterocycles. The maximum absolute atomic E-state index is 13.6. The lowest BCUT2D eigenvalue weighted by Gasteiger charge is -2.12. The zero-order valence-corrected chi connectivity index (χ0v) is 18.0. The number of aliphatic carboxylic acids is 1. The minimum atomic E-state index is -1.15. The number of carboxylic acid groups (broad SMARTS) is 1. The van der Waals surface area contributed by atoms with Crippen LogP contribution in [0, 0.1) is 5.82 Å². The molecule has 0 aliphatic carbocycles. The van der Waals surface area contributed by atoms with Gasteiger partial charge >= 0.3 is 5.97 Å². The van der Waals surface area contributed by atoms with Crippen molar-refractivity contribution < 1.29 is 24.5 Å². The maximum Gasteiger partial charge on any atom is 0.305 e. The molecule has 0 saturated heterocycles. The molecule has 0 unspecified atom stereocenters. The predicted molar refractivity (Wildman–Crippen MR) is 121 cm³/mol. The Morgan fingerprint density at radius 2 is 1.75 bits per heavy atom. The van der Waals surface area contributed by atoms with Crippen LogP contribution < -0.4 is 0 Å². The number of hydrogen-bond acceptors (Lipinski definition) is 4. The van der Waals surface area contributed by atoms with Crippen molar-refractivity contribution in [3.63, 3.8) is 0 Å². The minimum absolute atomic E-state index is 0.0635. The molecule has 0 saturated carbocycles. The third kappa shape index (κ3) is 5.69. The molecule has 6 nitrogen and oxygen atoms in total. The summed E-state index contributed by atoms with van der Waals surface area (Å²) in [5, 5.41) is 33.8. The van der Waals surface area contributed by atoms with Gasteiger partial charge in [0.25, 0.3) is 0 Å². The number of nitrogens with zero attached hydrogens (tertiary/aromatic N) is 2. The first-order chi connectivity index (χ1) is 15.3. The van der Waals surface area contributed by atoms with Crippen molar-refractivity contribution >= 4 is 12.0 Å². The van der Waals surface area contributed by atoms with Gasteiger partial charge in [-0.2, -0.15) is 5.10 Å². The third-order valence-electron chi connectivity index (χ3n) is 5.02. The van der Waals surface area contributed by atoms with Crippen molar-refractivity contribution in [2.75, 3.05) is 0 Å². The zero-order valence-electron chi connectivity index (χ0n) is 18.0. The number of carbonyl (C=O) groups is 1. The van der Waals surface area contributed by atoms with Gasteiger partial charge < -0.3 is 15.3 Å². The van der Waals surface area contributed by atoms with E-state index in [9.17, 15) is 19.4 Å². The van der Waals surface area contributed by atoms with Crippen LogP contribution in [0.1, 0.15) is 43.9 Å². The van der Waals surface area contributed by atoms with Crippen molar-refractivity contribution in [3.05, 3.63) is 77.7 Å². The van der Waals surface area contributed by atoms with Crippen LogP contribution in [-0.4, -0.2) is 43.3 Å². The standard InChI is InChI=1S/C25H27FN2O4/c1-16(2)24-22(13-12-20(29)14-21(30)15-23(31)32)25(17-8-10-18(26)11-9-17)28(27-24)19-6-4-3-5-7-19/h3-13,16,20-21,29-30H,14-15H2,1-2H3,(H,31,32)/b13-12+/t20-,21-/m0/s1. The second-order valence-corrected chi connectivity index (χ2v) is 7.97. The summed E-state index contributed by atoms with van der Waals surface area (Å²) in [6.45, 7) is 4.02. The van der Waals surface area contributed by atoms with Crippen LogP contribution in [0.15, 0.2) is 60.7 Å². The van der Waals surface area contributed by atoms with Crippen LogP contribution in [0.2, 0.25) is 0 Å². The van der Waals surface area contributed by atoms with Gasteiger partial charge in [-0.15, -0.1) is 0 Å². The molecule has 7 heteroatoms. The summed E-state index contributed by atoms with van der Waals surface area (Å²) >= 11 is 0. The molecule has 0 radical (unpaired) electrons. The third-order valence-corrected chi connectivity index (χ3v) is 5.02. The first-order valence-electron chi connectivity index (χ1n) is 10.5. The molecule has 0 bridgehead atoms. The van der Waals surface area contributed by atoms with Gasteiger partial charge in [0.1, 0.15) is 5.82 Å². The molecule has 32 heavy (non-hydrogen) atoms. The number of aliphatic hydroxyl groups excluding tert-OH is 2. The lowest BCUT2D eigenvalue weighted by Crippen LogP contribution is -2.19. The van der Waals surface area contributed by atoms with E-state index in [1.165, 1.54) is 18.2 Å². The van der Waals surface area contributed by atoms with Crippen molar-refractivity contribution in [2.24, 2.45) is 0 Å². The van der Waals surface area contributed by atoms with E-state index >= 15 is 0 Å². The van der Waals surface area contributed by atoms with Crippen molar-refractivity contribution in [2.45, 2.75) is 44.8 Å². The Kier molecular flexibility index (Phi) is 7.56. The number of halogens is 1. The van der Waals surface area contributed by atoms with Crippen LogP contribution in [0.5, 0.6) is 0 Å². The fraction of sp³-hybridized carbons (Fsp3) is 0.280. The Balaban J connectivity index is 2.08. The van der Waals surface area contributed by atoms with Crippen molar-refractivity contribution in [1.82, 2.24) is 9.78 Å². The Hall–Kier alpha value is -3.29. The predicted octanol–water partition coefficient (Wildman–Crippen LogP) is 4.40. The molecular weight excluding hydrogens is 411 g/mol. The van der Waals surface area contributed by atoms with E-state index in [1.807, 2.05) is 44.2 Å². The number of carboxylic acids is 1. The number of rotatable bonds is 9. The van der Waals surface area contributed by atoms with Gasteiger partial charge in [-0.05, 0) is 42.3 Å². The van der Waals surface area contributed by atoms with E-state index in [0.29, 0.717) is 0 Å². The van der Waals surface area contributed by atoms with Gasteiger partial charge in [-0.25, -0.2) is 9.07 Å². The van der Waals surface area contributed by atoms with Crippen molar-refractivity contribution in [1.29, 1.82) is 0 Å². The molecule has 1 heterocycles. The molecule has 3 rings (SSSR count). The Labute approximate surface area is 186 Å². The Bertz CT molecular complexity index is 1080. The van der Waals surface area contributed by atoms with Crippen LogP contribution in [0.25, 0.3) is 23.0 Å². The molecule has 2 atom stereocenters. The van der Waals surface area contributed by atoms with E-state index in [4.69, 9.17) is 10.2 Å². The number of aliphatic hydroxyl groups is 2. The maximum atomic E-state index is 13.6. The summed E-state index contributed by atoms with van der Waals surface area (Å²) in [7, 11) is 0. The molecule has 2 aromatic carbocycles. The summed E-state index contributed by atoms with van der Waals surface area (Å²) in [4.78, 5) is 10.8. The summed E-state index contributed by atoms with van der Waals surface area (Å²) in [6.07, 6.45) is 0.536. The van der Waals surface area contributed by atoms with Crippen LogP contribution >= 0.6 is 0 Å². The SMILES string of the molecule is CC(C)c1nn(-c2ccccc2)c(-c2ccc(F)cc2)c1/C=C/[C@H](O)C[C@H](O)CC(=O)O. The first kappa shape index (κ1) is 23.4. The largest absolute Gasteiger partial charge is 0.481 e. The van der Waals surface area contributed by atoms with E-state index in [-0.39, 0.29) is 18.2 Å². The van der Waals surface area contributed by atoms with Crippen LogP contribution in [-0.2, 0) is 4.79 Å². The summed E-state index contributed by atoms with van der Waals surface area (Å²) in [6, 6.07) is 15.7. The molecule has 3 N–H and O–H groups in total. The second-order valence-electron chi connectivity index (χ2n) is 7.97. The molecule has 1 aromatic heterocycles. The minimum Gasteiger partial charge on any atom is -0.481 e. The van der Waals surface area contributed by atoms with Crippen LogP contribution in [0.3, 0.4) is 0 Å². The van der Waals surface area contributed by atoms with Gasteiger partial charge in [0.2, 0.25) is 0 Å². The highest BCUT2D eigenvalue weighted by Crippen LogP contribution is 2.33. The zero-order chi connectivity index (χ0) is 23.3. The van der Waals surface area contributed by atoms with Gasteiger partial charge in [0, 0.05) is 17.5 Å². The van der Waals surface area contributed by atoms with Crippen LogP contribution in [0.4, 0.5) is 4.39 Å². The number of hydrogen-bond donors (Lipinski definition) is 3. The topological polar surface area (TPSA) is 95.6 Å². The monoisotopic (exact) mass is 438 g/mol. The fourth-order valence-corrected chi connectivity index (χ4v) is 3.53. The molecule has 168 valence electrons. The number of para-hydroxylation sites is 1. The van der Waals surface area contributed by atoms with E-state index in [1.54, 1.807) is 22.9 Å². The van der Waals surface area contributed by atoms with Gasteiger partial charge in [0.05, 0.1) is 35.7 Å². The van der Waals surface area contributed by atoms with Gasteiger partial charge in [-0.3, -0.25) is 4.79 Å². The summed E-state index contributed by atoms with van der Waals surface area (Å²) < 4.78 is 15.4. The lowest BCUT2D eigenvalue weighted by molar-refractivity contribution is -0.139. The van der Waals surface area contributed by atoms with Gasteiger partial charge in [-0.1, -0.05) is 44.2 Å². The Morgan fingerprint density at radius 3 is 2.34 bits per heavy atom. The average molecular weight is 438 g/mol. The molecule has 0 fully saturated rings. The molecule has 0 amide bonds. The average Bonchev–Trinajstić information content (AvgIpc) is 3.12. The summed E-state index contributed by atoms with van der Waals surface area (Å²) in [5.41, 5.74) is 3.90. The number of benzene rings is 2. The first-order valence-corrected chi connectivity index (χ1v) is 10.5. The fourth-order valence-electron chi connectivity index (χ4n) is 3.53. The Morgan fingerprint density at radius 1 is 1.09 bits per heavy atom. The highest BCUT2D eigenvalue weighted by atomic mass is 19.1. The molecule has 0 spiro atoms. The normalized spacial score (nSPS) is 13.6. The molecule has 0 aliphatic rings. The van der Waals surface area contributed by atoms with Gasteiger partial charge in [0.15, 0.2) is 0 Å². The quantitative estimate of drug-likeness (QED) is 0.460. The van der Waals surface area contributed by atoms with E-state index in [2.05, 4.69) is 0 Å². The number of aromatic nitrogens is 2. The lowest BCUT2D eigenvalue weighted by atomic mass is 9.98. The van der Waals surface area contributed by atoms with E-state index in [0.717, 1.165) is 28.2 Å². The second kappa shape index (κ2) is 10.3. The smallest absolute Gasteiger partial charge is 0.305 e. The summed E-state index contributed by atoms with van der Waals surface area (Å²) in [5.74, 6) is -1.41. The molecule has 3 aromatic rings. The molecular formula is C25H27FN2O4.